The van der Waals surface area contributed by atoms with Crippen LogP contribution in [-0.4, -0.2) is 25.7 Å². The number of aromatic amines is 1. The molecule has 2 aromatic rings. The second-order valence-electron chi connectivity index (χ2n) is 4.53. The van der Waals surface area contributed by atoms with E-state index >= 15 is 0 Å². The highest BCUT2D eigenvalue weighted by Crippen LogP contribution is 2.16. The van der Waals surface area contributed by atoms with Crippen molar-refractivity contribution in [3.05, 3.63) is 45.6 Å². The zero-order chi connectivity index (χ0) is 15.0. The van der Waals surface area contributed by atoms with Gasteiger partial charge in [-0.15, -0.1) is 0 Å². The van der Waals surface area contributed by atoms with Crippen molar-refractivity contribution >= 4 is 11.5 Å². The first-order valence-electron chi connectivity index (χ1n) is 5.95. The van der Waals surface area contributed by atoms with Gasteiger partial charge in [-0.1, -0.05) is 6.58 Å². The molecular formula is C13H15N5O2. The zero-order valence-electron chi connectivity index (χ0n) is 11.5. The summed E-state index contributed by atoms with van der Waals surface area (Å²) < 4.78 is 1.36. The van der Waals surface area contributed by atoms with E-state index in [1.54, 1.807) is 26.8 Å². The fourth-order valence-corrected chi connectivity index (χ4v) is 1.73. The number of aryl methyl sites for hydroxylation is 2. The van der Waals surface area contributed by atoms with Gasteiger partial charge >= 0.3 is 0 Å². The molecule has 7 heteroatoms. The van der Waals surface area contributed by atoms with Crippen molar-refractivity contribution in [3.63, 3.8) is 0 Å². The van der Waals surface area contributed by atoms with Crippen molar-refractivity contribution in [3.8, 4) is 5.95 Å². The van der Waals surface area contributed by atoms with Crippen LogP contribution in [0.5, 0.6) is 0 Å². The van der Waals surface area contributed by atoms with Gasteiger partial charge in [0.25, 0.3) is 5.56 Å². The van der Waals surface area contributed by atoms with E-state index < -0.39 is 5.91 Å². The van der Waals surface area contributed by atoms with E-state index in [2.05, 4.69) is 21.6 Å². The highest BCUT2D eigenvalue weighted by atomic mass is 16.1. The Hall–Kier alpha value is -2.70. The minimum Gasteiger partial charge on any atom is -0.366 e. The van der Waals surface area contributed by atoms with Gasteiger partial charge < -0.3 is 5.73 Å². The molecule has 0 radical (unpaired) electrons. The van der Waals surface area contributed by atoms with Crippen LogP contribution in [-0.2, 0) is 4.79 Å². The van der Waals surface area contributed by atoms with E-state index in [1.165, 1.54) is 4.68 Å². The zero-order valence-corrected chi connectivity index (χ0v) is 11.5. The van der Waals surface area contributed by atoms with E-state index in [4.69, 9.17) is 5.73 Å². The van der Waals surface area contributed by atoms with Gasteiger partial charge in [0.1, 0.15) is 0 Å². The monoisotopic (exact) mass is 273 g/mol. The first-order valence-corrected chi connectivity index (χ1v) is 5.95. The average molecular weight is 273 g/mol. The van der Waals surface area contributed by atoms with Crippen molar-refractivity contribution in [1.29, 1.82) is 0 Å². The molecule has 20 heavy (non-hydrogen) atoms. The summed E-state index contributed by atoms with van der Waals surface area (Å²) in [6.45, 7) is 8.80. The molecular weight excluding hydrogens is 258 g/mol. The lowest BCUT2D eigenvalue weighted by Gasteiger charge is -2.08. The van der Waals surface area contributed by atoms with Crippen LogP contribution in [0.2, 0.25) is 0 Å². The van der Waals surface area contributed by atoms with Crippen molar-refractivity contribution in [2.24, 2.45) is 5.73 Å². The summed E-state index contributed by atoms with van der Waals surface area (Å²) in [7, 11) is 0. The summed E-state index contributed by atoms with van der Waals surface area (Å²) in [4.78, 5) is 30.0. The highest BCUT2D eigenvalue weighted by molar-refractivity contribution is 6.17. The van der Waals surface area contributed by atoms with Gasteiger partial charge in [0.05, 0.1) is 17.0 Å². The summed E-state index contributed by atoms with van der Waals surface area (Å²) >= 11 is 0. The van der Waals surface area contributed by atoms with E-state index in [9.17, 15) is 9.59 Å². The summed E-state index contributed by atoms with van der Waals surface area (Å²) in [5.41, 5.74) is 7.27. The van der Waals surface area contributed by atoms with Gasteiger partial charge in [-0.2, -0.15) is 9.78 Å². The predicted molar refractivity (Wildman–Crippen MR) is 74.4 cm³/mol. The Morgan fingerprint density at radius 1 is 1.40 bits per heavy atom. The number of carbonyl (C=O) groups is 1. The molecule has 2 heterocycles. The maximum Gasteiger partial charge on any atom is 0.255 e. The predicted octanol–water partition coefficient (Wildman–Crippen LogP) is 0.379. The standard InChI is InChI=1S/C13H15N5O2/c1-6-5-10(8(3)11(14)19)18(17-6)13-15-9(4)7(2)12(20)16-13/h5H,3H2,1-2,4H3,(H2,14,19)(H,15,16,20). The third-order valence-corrected chi connectivity index (χ3v) is 3.02. The SMILES string of the molecule is C=C(C(N)=O)c1cc(C)nn1-c1nc(C)c(C)c(=O)[nH]1. The molecule has 0 bridgehead atoms. The normalized spacial score (nSPS) is 10.6. The van der Waals surface area contributed by atoms with Crippen molar-refractivity contribution < 1.29 is 4.79 Å². The minimum atomic E-state index is -0.655. The summed E-state index contributed by atoms with van der Waals surface area (Å²) in [6.07, 6.45) is 0. The van der Waals surface area contributed by atoms with E-state index in [0.29, 0.717) is 22.6 Å². The molecule has 0 spiro atoms. The molecule has 0 saturated heterocycles. The number of aromatic nitrogens is 4. The van der Waals surface area contributed by atoms with Crippen LogP contribution in [0.4, 0.5) is 0 Å². The molecule has 0 aliphatic rings. The third-order valence-electron chi connectivity index (χ3n) is 3.02. The lowest BCUT2D eigenvalue weighted by atomic mass is 10.2. The molecule has 2 aromatic heterocycles. The maximum absolute atomic E-state index is 11.8. The van der Waals surface area contributed by atoms with Gasteiger partial charge in [0.15, 0.2) is 0 Å². The number of H-pyrrole nitrogens is 1. The molecule has 1 amide bonds. The van der Waals surface area contributed by atoms with Crippen LogP contribution >= 0.6 is 0 Å². The van der Waals surface area contributed by atoms with Gasteiger partial charge in [-0.05, 0) is 26.8 Å². The van der Waals surface area contributed by atoms with Crippen LogP contribution < -0.4 is 11.3 Å². The molecule has 0 unspecified atom stereocenters. The maximum atomic E-state index is 11.8. The van der Waals surface area contributed by atoms with E-state index in [0.717, 1.165) is 0 Å². The van der Waals surface area contributed by atoms with Crippen LogP contribution in [0.15, 0.2) is 17.4 Å². The lowest BCUT2D eigenvalue weighted by molar-refractivity contribution is -0.112. The molecule has 0 fully saturated rings. The Labute approximate surface area is 115 Å². The van der Waals surface area contributed by atoms with Gasteiger partial charge in [0, 0.05) is 11.3 Å². The Bertz CT molecular complexity index is 770. The second-order valence-corrected chi connectivity index (χ2v) is 4.53. The molecule has 104 valence electrons. The first kappa shape index (κ1) is 13.7. The summed E-state index contributed by atoms with van der Waals surface area (Å²) in [6, 6.07) is 1.66. The quantitative estimate of drug-likeness (QED) is 0.788. The molecule has 0 atom stereocenters. The number of hydrogen-bond donors (Lipinski definition) is 2. The van der Waals surface area contributed by atoms with Crippen LogP contribution in [0.1, 0.15) is 22.6 Å². The fraction of sp³-hybridized carbons (Fsp3) is 0.231. The number of nitrogens with zero attached hydrogens (tertiary/aromatic N) is 3. The van der Waals surface area contributed by atoms with Gasteiger partial charge in [-0.25, -0.2) is 4.98 Å². The van der Waals surface area contributed by atoms with E-state index in [1.807, 2.05) is 0 Å². The van der Waals surface area contributed by atoms with Gasteiger partial charge in [0.2, 0.25) is 11.9 Å². The molecule has 0 aliphatic carbocycles. The van der Waals surface area contributed by atoms with Crippen LogP contribution in [0.3, 0.4) is 0 Å². The molecule has 0 aliphatic heterocycles. The van der Waals surface area contributed by atoms with Crippen molar-refractivity contribution in [2.45, 2.75) is 20.8 Å². The number of carbonyl (C=O) groups excluding carboxylic acids is 1. The minimum absolute atomic E-state index is 0.103. The number of hydrogen-bond acceptors (Lipinski definition) is 4. The molecule has 0 aromatic carbocycles. The number of amides is 1. The Kier molecular flexibility index (Phi) is 3.27. The van der Waals surface area contributed by atoms with Crippen LogP contribution in [0, 0.1) is 20.8 Å². The largest absolute Gasteiger partial charge is 0.366 e. The summed E-state index contributed by atoms with van der Waals surface area (Å²) in [5, 5.41) is 4.21. The third kappa shape index (κ3) is 2.25. The number of primary amides is 1. The van der Waals surface area contributed by atoms with E-state index in [-0.39, 0.29) is 17.1 Å². The van der Waals surface area contributed by atoms with Gasteiger partial charge in [-0.3, -0.25) is 14.6 Å². The molecule has 2 rings (SSSR count). The first-order chi connectivity index (χ1) is 9.31. The summed E-state index contributed by atoms with van der Waals surface area (Å²) in [5.74, 6) is -0.430. The molecule has 0 saturated carbocycles. The highest BCUT2D eigenvalue weighted by Gasteiger charge is 2.16. The smallest absolute Gasteiger partial charge is 0.255 e. The van der Waals surface area contributed by atoms with Crippen LogP contribution in [0.25, 0.3) is 11.5 Å². The second kappa shape index (κ2) is 4.76. The fourth-order valence-electron chi connectivity index (χ4n) is 1.73. The number of nitrogens with two attached hydrogens (primary N) is 1. The molecule has 7 nitrogen and oxygen atoms in total. The average Bonchev–Trinajstić information content (AvgIpc) is 2.76. The topological polar surface area (TPSA) is 107 Å². The Morgan fingerprint density at radius 3 is 2.60 bits per heavy atom. The lowest BCUT2D eigenvalue weighted by Crippen LogP contribution is -2.20. The Morgan fingerprint density at radius 2 is 2.05 bits per heavy atom. The number of rotatable bonds is 3. The van der Waals surface area contributed by atoms with Crippen molar-refractivity contribution in [1.82, 2.24) is 19.7 Å². The number of nitrogens with one attached hydrogen (secondary N) is 1. The Balaban J connectivity index is 2.68. The van der Waals surface area contributed by atoms with Crippen molar-refractivity contribution in [2.75, 3.05) is 0 Å². The molecule has 3 N–H and O–H groups in total.